The summed E-state index contributed by atoms with van der Waals surface area (Å²) >= 11 is 0. The lowest BCUT2D eigenvalue weighted by Gasteiger charge is -2.20. The second-order valence-electron chi connectivity index (χ2n) is 5.10. The number of rotatable bonds is 4. The minimum absolute atomic E-state index is 0.0861. The van der Waals surface area contributed by atoms with Crippen LogP contribution in [0.3, 0.4) is 0 Å². The molecule has 2 aromatic rings. The Balaban J connectivity index is 1.69. The molecule has 3 rings (SSSR count). The van der Waals surface area contributed by atoms with Crippen molar-refractivity contribution in [2.24, 2.45) is 0 Å². The number of nitrogens with zero attached hydrogens (tertiary/aromatic N) is 1. The SMILES string of the molecule is Fc1ccc([C@@H]2OCC[C@H]2NCc2ccncc2)cc1F. The van der Waals surface area contributed by atoms with Crippen LogP contribution in [0.25, 0.3) is 0 Å². The fourth-order valence-electron chi connectivity index (χ4n) is 2.57. The molecule has 3 nitrogen and oxygen atoms in total. The van der Waals surface area contributed by atoms with Gasteiger partial charge in [-0.3, -0.25) is 4.98 Å². The minimum atomic E-state index is -0.837. The van der Waals surface area contributed by atoms with Crippen molar-refractivity contribution < 1.29 is 13.5 Å². The van der Waals surface area contributed by atoms with Crippen LogP contribution in [0.1, 0.15) is 23.7 Å². The molecule has 1 aromatic carbocycles. The Morgan fingerprint density at radius 1 is 1.14 bits per heavy atom. The molecular formula is C16H16F2N2O. The van der Waals surface area contributed by atoms with Crippen molar-refractivity contribution >= 4 is 0 Å². The predicted molar refractivity (Wildman–Crippen MR) is 74.5 cm³/mol. The molecule has 0 amide bonds. The van der Waals surface area contributed by atoms with E-state index in [2.05, 4.69) is 10.3 Å². The van der Waals surface area contributed by atoms with E-state index >= 15 is 0 Å². The standard InChI is InChI=1S/C16H16F2N2O/c17-13-2-1-12(9-14(13)18)16-15(5-8-21-16)20-10-11-3-6-19-7-4-11/h1-4,6-7,9,15-16,20H,5,8,10H2/t15-,16+/m1/s1. The van der Waals surface area contributed by atoms with Crippen LogP contribution in [-0.2, 0) is 11.3 Å². The van der Waals surface area contributed by atoms with Gasteiger partial charge < -0.3 is 10.1 Å². The molecule has 1 aliphatic rings. The molecule has 2 heterocycles. The van der Waals surface area contributed by atoms with Gasteiger partial charge in [0, 0.05) is 31.6 Å². The van der Waals surface area contributed by atoms with Gasteiger partial charge in [0.15, 0.2) is 11.6 Å². The van der Waals surface area contributed by atoms with Crippen molar-refractivity contribution in [3.8, 4) is 0 Å². The lowest BCUT2D eigenvalue weighted by atomic mass is 10.0. The van der Waals surface area contributed by atoms with Crippen LogP contribution in [0.5, 0.6) is 0 Å². The molecule has 110 valence electrons. The molecule has 5 heteroatoms. The van der Waals surface area contributed by atoms with Crippen molar-refractivity contribution in [2.75, 3.05) is 6.61 Å². The van der Waals surface area contributed by atoms with E-state index in [-0.39, 0.29) is 12.1 Å². The highest BCUT2D eigenvalue weighted by molar-refractivity contribution is 5.22. The quantitative estimate of drug-likeness (QED) is 0.940. The van der Waals surface area contributed by atoms with Gasteiger partial charge in [0.2, 0.25) is 0 Å². The molecule has 0 aliphatic carbocycles. The van der Waals surface area contributed by atoms with Crippen LogP contribution in [0.2, 0.25) is 0 Å². The van der Waals surface area contributed by atoms with E-state index in [9.17, 15) is 8.78 Å². The third-order valence-electron chi connectivity index (χ3n) is 3.68. The van der Waals surface area contributed by atoms with Crippen LogP contribution in [-0.4, -0.2) is 17.6 Å². The van der Waals surface area contributed by atoms with Gasteiger partial charge in [0.05, 0.1) is 6.10 Å². The maximum Gasteiger partial charge on any atom is 0.159 e. The summed E-state index contributed by atoms with van der Waals surface area (Å²) in [6, 6.07) is 7.90. The van der Waals surface area contributed by atoms with Gasteiger partial charge in [-0.05, 0) is 41.8 Å². The first kappa shape index (κ1) is 14.1. The van der Waals surface area contributed by atoms with E-state index in [1.54, 1.807) is 18.5 Å². The largest absolute Gasteiger partial charge is 0.372 e. The van der Waals surface area contributed by atoms with Gasteiger partial charge in [-0.2, -0.15) is 0 Å². The number of nitrogens with one attached hydrogen (secondary N) is 1. The maximum atomic E-state index is 13.4. The smallest absolute Gasteiger partial charge is 0.159 e. The highest BCUT2D eigenvalue weighted by Crippen LogP contribution is 2.30. The zero-order valence-electron chi connectivity index (χ0n) is 11.4. The second kappa shape index (κ2) is 6.28. The fourth-order valence-corrected chi connectivity index (χ4v) is 2.57. The van der Waals surface area contributed by atoms with E-state index in [0.717, 1.165) is 18.1 Å². The van der Waals surface area contributed by atoms with Gasteiger partial charge in [-0.25, -0.2) is 8.78 Å². The van der Waals surface area contributed by atoms with Crippen LogP contribution < -0.4 is 5.32 Å². The number of pyridine rings is 1. The second-order valence-corrected chi connectivity index (χ2v) is 5.10. The van der Waals surface area contributed by atoms with Crippen LogP contribution in [0.15, 0.2) is 42.7 Å². The molecule has 0 saturated carbocycles. The lowest BCUT2D eigenvalue weighted by Crippen LogP contribution is -2.31. The molecule has 1 aliphatic heterocycles. The van der Waals surface area contributed by atoms with E-state index in [0.29, 0.717) is 18.7 Å². The molecule has 1 N–H and O–H groups in total. The highest BCUT2D eigenvalue weighted by Gasteiger charge is 2.29. The van der Waals surface area contributed by atoms with E-state index < -0.39 is 11.6 Å². The Kier molecular flexibility index (Phi) is 4.22. The molecular weight excluding hydrogens is 274 g/mol. The molecule has 0 bridgehead atoms. The summed E-state index contributed by atoms with van der Waals surface area (Å²) in [4.78, 5) is 3.98. The van der Waals surface area contributed by atoms with Crippen LogP contribution >= 0.6 is 0 Å². The minimum Gasteiger partial charge on any atom is -0.372 e. The Bertz CT molecular complexity index is 606. The highest BCUT2D eigenvalue weighted by atomic mass is 19.2. The average molecular weight is 290 g/mol. The Labute approximate surface area is 122 Å². The lowest BCUT2D eigenvalue weighted by molar-refractivity contribution is 0.0981. The third-order valence-corrected chi connectivity index (χ3v) is 3.68. The monoisotopic (exact) mass is 290 g/mol. The summed E-state index contributed by atoms with van der Waals surface area (Å²) in [6.07, 6.45) is 4.08. The van der Waals surface area contributed by atoms with Crippen LogP contribution in [0.4, 0.5) is 8.78 Å². The zero-order chi connectivity index (χ0) is 14.7. The molecule has 0 radical (unpaired) electrons. The van der Waals surface area contributed by atoms with Crippen molar-refractivity contribution in [2.45, 2.75) is 25.1 Å². The van der Waals surface area contributed by atoms with Gasteiger partial charge in [0.1, 0.15) is 0 Å². The summed E-state index contributed by atoms with van der Waals surface area (Å²) in [5.74, 6) is -1.67. The number of aromatic nitrogens is 1. The Morgan fingerprint density at radius 3 is 2.71 bits per heavy atom. The molecule has 0 unspecified atom stereocenters. The van der Waals surface area contributed by atoms with E-state index in [1.807, 2.05) is 12.1 Å². The Hall–Kier alpha value is -1.85. The first-order chi connectivity index (χ1) is 10.2. The van der Waals surface area contributed by atoms with Gasteiger partial charge >= 0.3 is 0 Å². The summed E-state index contributed by atoms with van der Waals surface area (Å²) in [5, 5.41) is 3.41. The molecule has 21 heavy (non-hydrogen) atoms. The van der Waals surface area contributed by atoms with Crippen molar-refractivity contribution in [1.29, 1.82) is 0 Å². The normalized spacial score (nSPS) is 21.6. The van der Waals surface area contributed by atoms with Gasteiger partial charge in [-0.15, -0.1) is 0 Å². The van der Waals surface area contributed by atoms with Crippen molar-refractivity contribution in [1.82, 2.24) is 10.3 Å². The van der Waals surface area contributed by atoms with Gasteiger partial charge in [-0.1, -0.05) is 6.07 Å². The topological polar surface area (TPSA) is 34.1 Å². The first-order valence-electron chi connectivity index (χ1n) is 6.93. The fraction of sp³-hybridized carbons (Fsp3) is 0.312. The van der Waals surface area contributed by atoms with Crippen molar-refractivity contribution in [3.05, 3.63) is 65.5 Å². The predicted octanol–water partition coefficient (Wildman–Crippen LogP) is 2.98. The number of halogens is 2. The van der Waals surface area contributed by atoms with Gasteiger partial charge in [0.25, 0.3) is 0 Å². The molecule has 1 aromatic heterocycles. The number of ether oxygens (including phenoxy) is 1. The molecule has 2 atom stereocenters. The summed E-state index contributed by atoms with van der Waals surface area (Å²) in [5.41, 5.74) is 1.79. The number of hydrogen-bond acceptors (Lipinski definition) is 3. The third kappa shape index (κ3) is 3.25. The number of hydrogen-bond donors (Lipinski definition) is 1. The zero-order valence-corrected chi connectivity index (χ0v) is 11.4. The maximum absolute atomic E-state index is 13.4. The first-order valence-corrected chi connectivity index (χ1v) is 6.93. The molecule has 0 spiro atoms. The average Bonchev–Trinajstić information content (AvgIpc) is 2.97. The van der Waals surface area contributed by atoms with E-state index in [4.69, 9.17) is 4.74 Å². The number of benzene rings is 1. The van der Waals surface area contributed by atoms with Crippen molar-refractivity contribution in [3.63, 3.8) is 0 Å². The molecule has 1 saturated heterocycles. The summed E-state index contributed by atoms with van der Waals surface area (Å²) < 4.78 is 32.0. The summed E-state index contributed by atoms with van der Waals surface area (Å²) in [7, 11) is 0. The molecule has 1 fully saturated rings. The summed E-state index contributed by atoms with van der Waals surface area (Å²) in [6.45, 7) is 1.30. The van der Waals surface area contributed by atoms with Crippen LogP contribution in [0, 0.1) is 11.6 Å². The van der Waals surface area contributed by atoms with E-state index in [1.165, 1.54) is 6.07 Å². The Morgan fingerprint density at radius 2 is 1.95 bits per heavy atom.